The molecule has 90 valence electrons. The fourth-order valence-corrected chi connectivity index (χ4v) is 2.84. The molecule has 0 atom stereocenters. The Morgan fingerprint density at radius 1 is 1.17 bits per heavy atom. The molecule has 3 nitrogen and oxygen atoms in total. The fourth-order valence-electron chi connectivity index (χ4n) is 1.90. The van der Waals surface area contributed by atoms with Crippen LogP contribution < -0.4 is 0 Å². The second-order valence-electron chi connectivity index (χ2n) is 4.00. The second kappa shape index (κ2) is 4.74. The molecule has 0 aliphatic rings. The van der Waals surface area contributed by atoms with Crippen LogP contribution in [0.1, 0.15) is 12.5 Å². The van der Waals surface area contributed by atoms with Crippen LogP contribution in [0.25, 0.3) is 22.1 Å². The van der Waals surface area contributed by atoms with E-state index in [1.807, 2.05) is 30.3 Å². The van der Waals surface area contributed by atoms with Crippen molar-refractivity contribution in [2.75, 3.05) is 0 Å². The molecule has 1 N–H and O–H groups in total. The highest BCUT2D eigenvalue weighted by molar-refractivity contribution is 7.13. The molecule has 0 aliphatic heterocycles. The lowest BCUT2D eigenvalue weighted by Gasteiger charge is -1.95. The summed E-state index contributed by atoms with van der Waals surface area (Å²) >= 11 is 1.70. The van der Waals surface area contributed by atoms with Gasteiger partial charge in [0.05, 0.1) is 4.88 Å². The summed E-state index contributed by atoms with van der Waals surface area (Å²) in [7, 11) is 0. The number of thiophene rings is 1. The molecular weight excluding hydrogens is 242 g/mol. The minimum Gasteiger partial charge on any atom is -0.258 e. The average Bonchev–Trinajstić information content (AvgIpc) is 3.08. The van der Waals surface area contributed by atoms with Crippen LogP contribution in [-0.4, -0.2) is 15.2 Å². The first-order chi connectivity index (χ1) is 8.88. The van der Waals surface area contributed by atoms with Crippen LogP contribution in [0, 0.1) is 0 Å². The first kappa shape index (κ1) is 11.2. The van der Waals surface area contributed by atoms with Gasteiger partial charge in [0.1, 0.15) is 0 Å². The minimum absolute atomic E-state index is 0.751. The van der Waals surface area contributed by atoms with Crippen LogP contribution in [-0.2, 0) is 6.42 Å². The summed E-state index contributed by atoms with van der Waals surface area (Å²) in [6, 6.07) is 12.2. The third kappa shape index (κ3) is 1.95. The zero-order valence-electron chi connectivity index (χ0n) is 10.1. The van der Waals surface area contributed by atoms with Crippen LogP contribution in [0.2, 0.25) is 0 Å². The smallest absolute Gasteiger partial charge is 0.181 e. The van der Waals surface area contributed by atoms with Crippen molar-refractivity contribution in [3.8, 4) is 22.1 Å². The minimum atomic E-state index is 0.751. The summed E-state index contributed by atoms with van der Waals surface area (Å²) in [6.07, 6.45) is 1.01. The summed E-state index contributed by atoms with van der Waals surface area (Å²) in [5.74, 6) is 1.61. The van der Waals surface area contributed by atoms with Gasteiger partial charge in [0, 0.05) is 5.56 Å². The molecule has 18 heavy (non-hydrogen) atoms. The highest BCUT2D eigenvalue weighted by Gasteiger charge is 2.11. The number of aryl methyl sites for hydroxylation is 1. The maximum atomic E-state index is 4.58. The Hall–Kier alpha value is -1.94. The predicted octanol–water partition coefficient (Wildman–Crippen LogP) is 3.76. The molecule has 0 aliphatic carbocycles. The van der Waals surface area contributed by atoms with E-state index in [0.717, 1.165) is 23.6 Å². The van der Waals surface area contributed by atoms with Crippen molar-refractivity contribution in [3.05, 3.63) is 47.3 Å². The molecule has 3 rings (SSSR count). The number of aromatic nitrogens is 3. The van der Waals surface area contributed by atoms with E-state index < -0.39 is 0 Å². The summed E-state index contributed by atoms with van der Waals surface area (Å²) in [5, 5.41) is 9.42. The first-order valence-corrected chi connectivity index (χ1v) is 6.81. The molecule has 0 radical (unpaired) electrons. The molecule has 0 spiro atoms. The van der Waals surface area contributed by atoms with E-state index in [1.165, 1.54) is 10.4 Å². The van der Waals surface area contributed by atoms with E-state index in [9.17, 15) is 0 Å². The van der Waals surface area contributed by atoms with Crippen molar-refractivity contribution in [1.82, 2.24) is 15.2 Å². The highest BCUT2D eigenvalue weighted by Crippen LogP contribution is 2.28. The fraction of sp³-hybridized carbons (Fsp3) is 0.143. The van der Waals surface area contributed by atoms with E-state index >= 15 is 0 Å². The number of hydrogen-bond acceptors (Lipinski definition) is 3. The largest absolute Gasteiger partial charge is 0.258 e. The Morgan fingerprint density at radius 2 is 2.00 bits per heavy atom. The summed E-state index contributed by atoms with van der Waals surface area (Å²) in [4.78, 5) is 5.76. The SMILES string of the molecule is CCc1ccsc1-c1nc(-c2ccccc2)n[nH]1. The van der Waals surface area contributed by atoms with Crippen LogP contribution in [0.15, 0.2) is 41.8 Å². The second-order valence-corrected chi connectivity index (χ2v) is 4.92. The first-order valence-electron chi connectivity index (χ1n) is 5.93. The standard InChI is InChI=1S/C14H13N3S/c1-2-10-8-9-18-12(10)14-15-13(16-17-14)11-6-4-3-5-7-11/h3-9H,2H2,1H3,(H,15,16,17). The molecule has 4 heteroatoms. The molecule has 0 amide bonds. The predicted molar refractivity (Wildman–Crippen MR) is 74.5 cm³/mol. The van der Waals surface area contributed by atoms with Gasteiger partial charge in [0.15, 0.2) is 11.6 Å². The van der Waals surface area contributed by atoms with Crippen molar-refractivity contribution >= 4 is 11.3 Å². The zero-order valence-corrected chi connectivity index (χ0v) is 10.9. The number of benzene rings is 1. The molecule has 1 aromatic carbocycles. The van der Waals surface area contributed by atoms with Crippen LogP contribution in [0.3, 0.4) is 0 Å². The van der Waals surface area contributed by atoms with Gasteiger partial charge in [-0.25, -0.2) is 4.98 Å². The highest BCUT2D eigenvalue weighted by atomic mass is 32.1. The van der Waals surface area contributed by atoms with E-state index in [0.29, 0.717) is 0 Å². The van der Waals surface area contributed by atoms with Gasteiger partial charge in [-0.05, 0) is 23.4 Å². The molecule has 3 aromatic rings. The van der Waals surface area contributed by atoms with Crippen molar-refractivity contribution in [3.63, 3.8) is 0 Å². The number of nitrogens with one attached hydrogen (secondary N) is 1. The van der Waals surface area contributed by atoms with Crippen LogP contribution >= 0.6 is 11.3 Å². The van der Waals surface area contributed by atoms with Gasteiger partial charge in [0.2, 0.25) is 0 Å². The maximum absolute atomic E-state index is 4.58. The lowest BCUT2D eigenvalue weighted by atomic mass is 10.2. The number of H-pyrrole nitrogens is 1. The van der Waals surface area contributed by atoms with E-state index in [4.69, 9.17) is 0 Å². The number of aromatic amines is 1. The van der Waals surface area contributed by atoms with Crippen molar-refractivity contribution in [1.29, 1.82) is 0 Å². The Balaban J connectivity index is 2.00. The molecule has 0 fully saturated rings. The lowest BCUT2D eigenvalue weighted by Crippen LogP contribution is -1.83. The monoisotopic (exact) mass is 255 g/mol. The van der Waals surface area contributed by atoms with Crippen molar-refractivity contribution in [2.45, 2.75) is 13.3 Å². The van der Waals surface area contributed by atoms with Gasteiger partial charge in [0.25, 0.3) is 0 Å². The molecular formula is C14H13N3S. The van der Waals surface area contributed by atoms with Crippen molar-refractivity contribution < 1.29 is 0 Å². The summed E-state index contributed by atoms with van der Waals surface area (Å²) < 4.78 is 0. The van der Waals surface area contributed by atoms with Gasteiger partial charge < -0.3 is 0 Å². The third-order valence-electron chi connectivity index (χ3n) is 2.86. The van der Waals surface area contributed by atoms with Crippen LogP contribution in [0.5, 0.6) is 0 Å². The number of hydrogen-bond donors (Lipinski definition) is 1. The molecule has 0 saturated carbocycles. The van der Waals surface area contributed by atoms with Crippen molar-refractivity contribution in [2.24, 2.45) is 0 Å². The normalized spacial score (nSPS) is 10.7. The van der Waals surface area contributed by atoms with E-state index in [2.05, 4.69) is 33.6 Å². The topological polar surface area (TPSA) is 41.6 Å². The Morgan fingerprint density at radius 3 is 2.78 bits per heavy atom. The lowest BCUT2D eigenvalue weighted by molar-refractivity contribution is 1.09. The van der Waals surface area contributed by atoms with Gasteiger partial charge in [-0.15, -0.1) is 11.3 Å². The van der Waals surface area contributed by atoms with E-state index in [1.54, 1.807) is 11.3 Å². The molecule has 0 bridgehead atoms. The zero-order chi connectivity index (χ0) is 12.4. The van der Waals surface area contributed by atoms with Gasteiger partial charge in [-0.1, -0.05) is 37.3 Å². The van der Waals surface area contributed by atoms with Crippen LogP contribution in [0.4, 0.5) is 0 Å². The Labute approximate surface area is 110 Å². The Bertz CT molecular complexity index is 640. The molecule has 2 aromatic heterocycles. The summed E-state index contributed by atoms with van der Waals surface area (Å²) in [6.45, 7) is 2.15. The maximum Gasteiger partial charge on any atom is 0.181 e. The molecule has 0 saturated heterocycles. The summed E-state index contributed by atoms with van der Waals surface area (Å²) in [5.41, 5.74) is 2.35. The molecule has 2 heterocycles. The number of rotatable bonds is 3. The average molecular weight is 255 g/mol. The third-order valence-corrected chi connectivity index (χ3v) is 3.82. The van der Waals surface area contributed by atoms with Gasteiger partial charge in [-0.2, -0.15) is 5.10 Å². The quantitative estimate of drug-likeness (QED) is 0.774. The van der Waals surface area contributed by atoms with Gasteiger partial charge >= 0.3 is 0 Å². The van der Waals surface area contributed by atoms with E-state index in [-0.39, 0.29) is 0 Å². The molecule has 0 unspecified atom stereocenters. The van der Waals surface area contributed by atoms with Gasteiger partial charge in [-0.3, -0.25) is 5.10 Å². The Kier molecular flexibility index (Phi) is 2.94. The number of nitrogens with zero attached hydrogens (tertiary/aromatic N) is 2.